The van der Waals surface area contributed by atoms with E-state index in [2.05, 4.69) is 195 Å². The minimum Gasteiger partial charge on any atom is -0.244 e. The monoisotopic (exact) mass is 801 g/mol. The summed E-state index contributed by atoms with van der Waals surface area (Å²) in [6, 6.07) is 67.7. The van der Waals surface area contributed by atoms with Crippen LogP contribution in [0, 0.1) is 0 Å². The Morgan fingerprint density at radius 3 is 1.60 bits per heavy atom. The Kier molecular flexibility index (Phi) is 10.3. The van der Waals surface area contributed by atoms with E-state index in [9.17, 15) is 0 Å². The molecule has 0 radical (unpaired) electrons. The van der Waals surface area contributed by atoms with E-state index in [1.165, 1.54) is 51.9 Å². The number of allylic oxidation sites excluding steroid dienone is 2. The Hall–Kier alpha value is -6.83. The SMILES string of the molecule is C=C=C(CC=C=C(/N=C(\C)c1ccccc1)c1cc(-c2ccc3c(c2)Sc2ccccc2S3)cc(-c2ccc3c4ccccc4c4ccccc4c3c2)c1)c1ccccc1. The summed E-state index contributed by atoms with van der Waals surface area (Å²) < 4.78 is 0. The van der Waals surface area contributed by atoms with Crippen LogP contribution in [0.5, 0.6) is 0 Å². The standard InChI is InChI=1S/C57H39NS2/c1-3-39(41-19-8-5-9-20-41)21-16-26-53(58-38(2)40-17-6-4-7-18-40)46-34-44(33-45(35-46)43-30-32-56-57(37-43)60-55-28-15-14-27-54(55)59-56)42-29-31-51-49-24-11-10-22-47(49)48-23-12-13-25-50(48)52(51)36-42/h4-20,22-25,27-37H,1,21H2,2H3/b58-38+. The van der Waals surface area contributed by atoms with Crippen molar-refractivity contribution in [3.63, 3.8) is 0 Å². The maximum absolute atomic E-state index is 5.34. The van der Waals surface area contributed by atoms with Gasteiger partial charge in [0.2, 0.25) is 0 Å². The quantitative estimate of drug-likeness (QED) is 0.0862. The van der Waals surface area contributed by atoms with Crippen LogP contribution in [0.1, 0.15) is 30.0 Å². The molecule has 1 heterocycles. The second-order valence-corrected chi connectivity index (χ2v) is 17.1. The summed E-state index contributed by atoms with van der Waals surface area (Å²) in [6.07, 6.45) is 2.69. The predicted molar refractivity (Wildman–Crippen MR) is 258 cm³/mol. The molecule has 0 aromatic heterocycles. The van der Waals surface area contributed by atoms with Gasteiger partial charge < -0.3 is 0 Å². The molecule has 0 saturated heterocycles. The molecule has 1 aliphatic rings. The summed E-state index contributed by atoms with van der Waals surface area (Å²) in [4.78, 5) is 10.5. The minimum absolute atomic E-state index is 0.621. The summed E-state index contributed by atoms with van der Waals surface area (Å²) in [5, 5.41) is 7.56. The smallest absolute Gasteiger partial charge is 0.112 e. The van der Waals surface area contributed by atoms with Crippen LogP contribution >= 0.6 is 23.5 Å². The van der Waals surface area contributed by atoms with E-state index in [0.717, 1.165) is 55.9 Å². The van der Waals surface area contributed by atoms with Gasteiger partial charge in [-0.15, -0.1) is 5.73 Å². The number of rotatable bonds is 8. The number of aliphatic imine (C=N–C) groups is 1. The van der Waals surface area contributed by atoms with Crippen molar-refractivity contribution in [2.45, 2.75) is 32.9 Å². The molecule has 0 spiro atoms. The summed E-state index contributed by atoms with van der Waals surface area (Å²) in [6.45, 7) is 6.10. The third-order valence-corrected chi connectivity index (χ3v) is 13.7. The molecule has 60 heavy (non-hydrogen) atoms. The number of nitrogens with zero attached hydrogens (tertiary/aromatic N) is 1. The second kappa shape index (κ2) is 16.4. The van der Waals surface area contributed by atoms with E-state index in [-0.39, 0.29) is 0 Å². The molecule has 1 nitrogen and oxygen atoms in total. The molecule has 1 aliphatic heterocycles. The van der Waals surface area contributed by atoms with Crippen molar-refractivity contribution in [1.29, 1.82) is 0 Å². The molecule has 9 aromatic carbocycles. The Morgan fingerprint density at radius 1 is 0.467 bits per heavy atom. The summed E-state index contributed by atoms with van der Waals surface area (Å²) >= 11 is 3.69. The van der Waals surface area contributed by atoms with Gasteiger partial charge in [-0.2, -0.15) is 0 Å². The average Bonchev–Trinajstić information content (AvgIpc) is 3.32. The Balaban J connectivity index is 1.17. The highest BCUT2D eigenvalue weighted by Gasteiger charge is 2.19. The molecular weight excluding hydrogens is 763 g/mol. The highest BCUT2D eigenvalue weighted by atomic mass is 32.2. The lowest BCUT2D eigenvalue weighted by molar-refractivity contribution is 1.16. The molecule has 9 aromatic rings. The normalized spacial score (nSPS) is 12.1. The van der Waals surface area contributed by atoms with Crippen molar-refractivity contribution in [2.75, 3.05) is 0 Å². The maximum atomic E-state index is 5.34. The van der Waals surface area contributed by atoms with Crippen molar-refractivity contribution in [3.05, 3.63) is 229 Å². The first kappa shape index (κ1) is 37.4. The summed E-state index contributed by atoms with van der Waals surface area (Å²) in [5.74, 6) is 0. The van der Waals surface area contributed by atoms with Crippen LogP contribution < -0.4 is 0 Å². The predicted octanol–water partition coefficient (Wildman–Crippen LogP) is 16.4. The molecule has 0 N–H and O–H groups in total. The fourth-order valence-electron chi connectivity index (χ4n) is 8.17. The lowest BCUT2D eigenvalue weighted by Gasteiger charge is -2.19. The molecule has 3 heteroatoms. The summed E-state index contributed by atoms with van der Waals surface area (Å²) in [5.41, 5.74) is 17.3. The first-order valence-electron chi connectivity index (χ1n) is 20.2. The van der Waals surface area contributed by atoms with Crippen LogP contribution in [0.2, 0.25) is 0 Å². The number of hydrogen-bond donors (Lipinski definition) is 0. The Bertz CT molecular complexity index is 3240. The summed E-state index contributed by atoms with van der Waals surface area (Å²) in [7, 11) is 0. The third kappa shape index (κ3) is 7.37. The van der Waals surface area contributed by atoms with Gasteiger partial charge in [0.05, 0.1) is 0 Å². The van der Waals surface area contributed by atoms with Gasteiger partial charge in [-0.05, 0) is 127 Å². The number of benzene rings is 9. The van der Waals surface area contributed by atoms with Crippen LogP contribution in [0.15, 0.2) is 237 Å². The molecule has 0 bridgehead atoms. The van der Waals surface area contributed by atoms with Crippen LogP contribution in [-0.2, 0) is 0 Å². The zero-order chi connectivity index (χ0) is 40.4. The zero-order valence-corrected chi connectivity index (χ0v) is 34.8. The molecule has 10 rings (SSSR count). The van der Waals surface area contributed by atoms with E-state index >= 15 is 0 Å². The molecule has 0 aliphatic carbocycles. The number of hydrogen-bond acceptors (Lipinski definition) is 3. The first-order valence-corrected chi connectivity index (χ1v) is 21.8. The van der Waals surface area contributed by atoms with Gasteiger partial charge in [0.15, 0.2) is 0 Å². The van der Waals surface area contributed by atoms with Crippen LogP contribution in [-0.4, -0.2) is 5.71 Å². The van der Waals surface area contributed by atoms with Gasteiger partial charge in [0.25, 0.3) is 0 Å². The van der Waals surface area contributed by atoms with E-state index in [0.29, 0.717) is 6.42 Å². The van der Waals surface area contributed by atoms with Crippen LogP contribution in [0.4, 0.5) is 0 Å². The average molecular weight is 802 g/mol. The molecule has 0 fully saturated rings. The van der Waals surface area contributed by atoms with Gasteiger partial charge in [-0.3, -0.25) is 0 Å². The minimum atomic E-state index is 0.621. The highest BCUT2D eigenvalue weighted by Crippen LogP contribution is 2.49. The zero-order valence-electron chi connectivity index (χ0n) is 33.2. The van der Waals surface area contributed by atoms with Crippen LogP contribution in [0.25, 0.3) is 65.8 Å². The molecule has 0 unspecified atom stereocenters. The molecule has 0 atom stereocenters. The second-order valence-electron chi connectivity index (χ2n) is 14.9. The van der Waals surface area contributed by atoms with Gasteiger partial charge >= 0.3 is 0 Å². The van der Waals surface area contributed by atoms with Crippen molar-refractivity contribution in [1.82, 2.24) is 0 Å². The fraction of sp³-hybridized carbons (Fsp3) is 0.0351. The fourth-order valence-corrected chi connectivity index (χ4v) is 10.4. The van der Waals surface area contributed by atoms with Crippen molar-refractivity contribution < 1.29 is 0 Å². The van der Waals surface area contributed by atoms with Gasteiger partial charge in [0.1, 0.15) is 5.70 Å². The number of fused-ring (bicyclic) bond motifs is 8. The van der Waals surface area contributed by atoms with Gasteiger partial charge in [-0.25, -0.2) is 4.99 Å². The molecule has 0 amide bonds. The van der Waals surface area contributed by atoms with E-state index in [1.807, 2.05) is 47.8 Å². The molecule has 0 saturated carbocycles. The Labute approximate surface area is 359 Å². The van der Waals surface area contributed by atoms with E-state index in [1.54, 1.807) is 0 Å². The van der Waals surface area contributed by atoms with Crippen molar-refractivity contribution in [3.8, 4) is 22.3 Å². The largest absolute Gasteiger partial charge is 0.244 e. The first-order chi connectivity index (χ1) is 29.6. The van der Waals surface area contributed by atoms with E-state index < -0.39 is 0 Å². The lowest BCUT2D eigenvalue weighted by Crippen LogP contribution is -1.96. The Morgan fingerprint density at radius 2 is 0.967 bits per heavy atom. The van der Waals surface area contributed by atoms with Crippen molar-refractivity contribution in [2.24, 2.45) is 4.99 Å². The van der Waals surface area contributed by atoms with Crippen LogP contribution in [0.3, 0.4) is 0 Å². The third-order valence-electron chi connectivity index (χ3n) is 11.2. The van der Waals surface area contributed by atoms with Gasteiger partial charge in [-0.1, -0.05) is 175 Å². The highest BCUT2D eigenvalue weighted by molar-refractivity contribution is 8.05. The molecular formula is C57H39NS2. The molecule has 284 valence electrons. The lowest BCUT2D eigenvalue weighted by atomic mass is 9.90. The van der Waals surface area contributed by atoms with Crippen molar-refractivity contribution >= 4 is 72.8 Å². The topological polar surface area (TPSA) is 12.4 Å². The maximum Gasteiger partial charge on any atom is 0.112 e. The van der Waals surface area contributed by atoms with Gasteiger partial charge in [0, 0.05) is 42.9 Å². The van der Waals surface area contributed by atoms with E-state index in [4.69, 9.17) is 4.99 Å².